The van der Waals surface area contributed by atoms with Crippen molar-refractivity contribution in [3.05, 3.63) is 0 Å². The average molecular weight is 219 g/mol. The van der Waals surface area contributed by atoms with Crippen LogP contribution >= 0.6 is 0 Å². The van der Waals surface area contributed by atoms with Gasteiger partial charge in [0.2, 0.25) is 5.91 Å². The van der Waals surface area contributed by atoms with Crippen LogP contribution in [0.5, 0.6) is 0 Å². The number of aliphatic hydroxyl groups excluding tert-OH is 2. The number of hydrogen-bond acceptors (Lipinski definition) is 4. The molecule has 0 aromatic carbocycles. The van der Waals surface area contributed by atoms with Gasteiger partial charge in [-0.25, -0.2) is 0 Å². The third-order valence-electron chi connectivity index (χ3n) is 1.79. The van der Waals surface area contributed by atoms with E-state index in [1.165, 1.54) is 11.8 Å². The van der Waals surface area contributed by atoms with E-state index in [0.717, 1.165) is 0 Å². The summed E-state index contributed by atoms with van der Waals surface area (Å²) in [5.41, 5.74) is 0. The first-order chi connectivity index (χ1) is 6.93. The number of hydrogen-bond donors (Lipinski definition) is 2. The number of carbonyl (C=O) groups is 1. The van der Waals surface area contributed by atoms with Gasteiger partial charge in [0, 0.05) is 20.0 Å². The van der Waals surface area contributed by atoms with E-state index < -0.39 is 12.2 Å². The van der Waals surface area contributed by atoms with Crippen LogP contribution in [0.3, 0.4) is 0 Å². The Morgan fingerprint density at radius 1 is 1.33 bits per heavy atom. The summed E-state index contributed by atoms with van der Waals surface area (Å²) in [6.07, 6.45) is -1.03. The minimum absolute atomic E-state index is 0.0865. The summed E-state index contributed by atoms with van der Waals surface area (Å²) >= 11 is 0. The fourth-order valence-corrected chi connectivity index (χ4v) is 1.12. The van der Waals surface area contributed by atoms with Crippen LogP contribution < -0.4 is 0 Å². The number of aliphatic hydroxyl groups is 2. The highest BCUT2D eigenvalue weighted by atomic mass is 16.5. The van der Waals surface area contributed by atoms with Crippen molar-refractivity contribution in [1.29, 1.82) is 0 Å². The molecule has 0 fully saturated rings. The molecule has 0 aliphatic heterocycles. The van der Waals surface area contributed by atoms with Crippen molar-refractivity contribution in [2.24, 2.45) is 0 Å². The topological polar surface area (TPSA) is 70.0 Å². The third kappa shape index (κ3) is 8.35. The molecule has 0 bridgehead atoms. The molecule has 0 saturated heterocycles. The molecule has 0 radical (unpaired) electrons. The molecule has 0 saturated carbocycles. The van der Waals surface area contributed by atoms with Gasteiger partial charge in [-0.3, -0.25) is 4.79 Å². The van der Waals surface area contributed by atoms with E-state index in [-0.39, 0.29) is 12.5 Å². The summed E-state index contributed by atoms with van der Waals surface area (Å²) in [6.45, 7) is 6.11. The van der Waals surface area contributed by atoms with Gasteiger partial charge >= 0.3 is 0 Å². The summed E-state index contributed by atoms with van der Waals surface area (Å²) in [4.78, 5) is 12.6. The van der Waals surface area contributed by atoms with Gasteiger partial charge in [0.05, 0.1) is 25.4 Å². The number of nitrogens with zero attached hydrogens (tertiary/aromatic N) is 1. The molecule has 1 amide bonds. The molecule has 2 N–H and O–H groups in total. The molecular weight excluding hydrogens is 198 g/mol. The first kappa shape index (κ1) is 14.3. The average Bonchev–Trinajstić information content (AvgIpc) is 2.08. The van der Waals surface area contributed by atoms with Gasteiger partial charge in [0.25, 0.3) is 0 Å². The second-order valence-corrected chi connectivity index (χ2v) is 3.74. The van der Waals surface area contributed by atoms with Gasteiger partial charge in [0.15, 0.2) is 0 Å². The summed E-state index contributed by atoms with van der Waals surface area (Å²) in [5.74, 6) is -0.0865. The summed E-state index contributed by atoms with van der Waals surface area (Å²) in [6, 6.07) is 0. The molecule has 0 aliphatic rings. The molecule has 0 spiro atoms. The van der Waals surface area contributed by atoms with Crippen molar-refractivity contribution in [3.8, 4) is 0 Å². The van der Waals surface area contributed by atoms with E-state index in [9.17, 15) is 4.79 Å². The molecule has 0 rings (SSSR count). The lowest BCUT2D eigenvalue weighted by Gasteiger charge is -2.22. The molecule has 15 heavy (non-hydrogen) atoms. The maximum atomic E-state index is 11.1. The Balaban J connectivity index is 3.72. The molecular formula is C10H21NO4. The zero-order valence-electron chi connectivity index (χ0n) is 9.64. The highest BCUT2D eigenvalue weighted by molar-refractivity contribution is 5.73. The van der Waals surface area contributed by atoms with Crippen LogP contribution in [0.1, 0.15) is 20.8 Å². The Labute approximate surface area is 90.6 Å². The van der Waals surface area contributed by atoms with Gasteiger partial charge in [-0.15, -0.1) is 0 Å². The first-order valence-electron chi connectivity index (χ1n) is 5.13. The summed E-state index contributed by atoms with van der Waals surface area (Å²) in [7, 11) is 0. The molecule has 5 heteroatoms. The van der Waals surface area contributed by atoms with E-state index in [1.54, 1.807) is 13.8 Å². The van der Waals surface area contributed by atoms with E-state index in [0.29, 0.717) is 19.7 Å². The number of rotatable bonds is 7. The van der Waals surface area contributed by atoms with E-state index >= 15 is 0 Å². The van der Waals surface area contributed by atoms with Crippen molar-refractivity contribution in [1.82, 2.24) is 4.90 Å². The predicted octanol–water partition coefficient (Wildman–Crippen LogP) is -0.387. The second kappa shape index (κ2) is 7.62. The van der Waals surface area contributed by atoms with Crippen LogP contribution in [-0.2, 0) is 9.53 Å². The van der Waals surface area contributed by atoms with Crippen molar-refractivity contribution >= 4 is 5.91 Å². The Kier molecular flexibility index (Phi) is 7.29. The zero-order valence-corrected chi connectivity index (χ0v) is 9.64. The fourth-order valence-electron chi connectivity index (χ4n) is 1.12. The molecule has 0 heterocycles. The minimum atomic E-state index is -0.536. The Bertz CT molecular complexity index is 182. The number of amides is 1. The lowest BCUT2D eigenvalue weighted by molar-refractivity contribution is -0.131. The standard InChI is InChI=1S/C10H21NO4/c1-8(12)6-11(10(3)14)4-5-15-7-9(2)13/h8-9,12-13H,4-7H2,1-3H3. The predicted molar refractivity (Wildman–Crippen MR) is 56.4 cm³/mol. The maximum Gasteiger partial charge on any atom is 0.219 e. The van der Waals surface area contributed by atoms with Gasteiger partial charge in [0.1, 0.15) is 0 Å². The normalized spacial score (nSPS) is 14.7. The minimum Gasteiger partial charge on any atom is -0.392 e. The first-order valence-corrected chi connectivity index (χ1v) is 5.13. The molecule has 0 aromatic heterocycles. The van der Waals surface area contributed by atoms with Crippen LogP contribution in [0, 0.1) is 0 Å². The third-order valence-corrected chi connectivity index (χ3v) is 1.79. The van der Waals surface area contributed by atoms with Gasteiger partial charge < -0.3 is 19.8 Å². The molecule has 5 nitrogen and oxygen atoms in total. The van der Waals surface area contributed by atoms with E-state index in [4.69, 9.17) is 14.9 Å². The van der Waals surface area contributed by atoms with Gasteiger partial charge in [-0.2, -0.15) is 0 Å². The maximum absolute atomic E-state index is 11.1. The number of carbonyl (C=O) groups excluding carboxylic acids is 1. The fraction of sp³-hybridized carbons (Fsp3) is 0.900. The van der Waals surface area contributed by atoms with Crippen molar-refractivity contribution < 1.29 is 19.7 Å². The van der Waals surface area contributed by atoms with Gasteiger partial charge in [-0.1, -0.05) is 0 Å². The molecule has 2 atom stereocenters. The lowest BCUT2D eigenvalue weighted by atomic mass is 10.3. The Morgan fingerprint density at radius 3 is 2.33 bits per heavy atom. The highest BCUT2D eigenvalue weighted by Gasteiger charge is 2.10. The van der Waals surface area contributed by atoms with Crippen molar-refractivity contribution in [2.45, 2.75) is 33.0 Å². The molecule has 0 aromatic rings. The SMILES string of the molecule is CC(=O)N(CCOCC(C)O)CC(C)O. The summed E-state index contributed by atoms with van der Waals surface area (Å²) in [5, 5.41) is 18.1. The molecule has 0 aliphatic carbocycles. The monoisotopic (exact) mass is 219 g/mol. The smallest absolute Gasteiger partial charge is 0.219 e. The zero-order chi connectivity index (χ0) is 11.8. The van der Waals surface area contributed by atoms with Crippen LogP contribution in [0.2, 0.25) is 0 Å². The quantitative estimate of drug-likeness (QED) is 0.572. The number of ether oxygens (including phenoxy) is 1. The van der Waals surface area contributed by atoms with Crippen LogP contribution in [0.15, 0.2) is 0 Å². The van der Waals surface area contributed by atoms with Crippen molar-refractivity contribution in [2.75, 3.05) is 26.3 Å². The highest BCUT2D eigenvalue weighted by Crippen LogP contribution is 1.94. The second-order valence-electron chi connectivity index (χ2n) is 3.74. The molecule has 2 unspecified atom stereocenters. The summed E-state index contributed by atoms with van der Waals surface area (Å²) < 4.78 is 5.13. The van der Waals surface area contributed by atoms with Crippen LogP contribution in [0.25, 0.3) is 0 Å². The lowest BCUT2D eigenvalue weighted by Crippen LogP contribution is -2.37. The van der Waals surface area contributed by atoms with Gasteiger partial charge in [-0.05, 0) is 13.8 Å². The van der Waals surface area contributed by atoms with Crippen LogP contribution in [0.4, 0.5) is 0 Å². The largest absolute Gasteiger partial charge is 0.392 e. The Morgan fingerprint density at radius 2 is 1.93 bits per heavy atom. The Hall–Kier alpha value is -0.650. The van der Waals surface area contributed by atoms with E-state index in [1.807, 2.05) is 0 Å². The van der Waals surface area contributed by atoms with Crippen molar-refractivity contribution in [3.63, 3.8) is 0 Å². The van der Waals surface area contributed by atoms with E-state index in [2.05, 4.69) is 0 Å². The molecule has 90 valence electrons. The van der Waals surface area contributed by atoms with Crippen LogP contribution in [-0.4, -0.2) is 59.5 Å².